The molecule has 0 unspecified atom stereocenters. The molecule has 0 bridgehead atoms. The van der Waals surface area contributed by atoms with E-state index in [0.29, 0.717) is 0 Å². The Hall–Kier alpha value is -0.240. The van der Waals surface area contributed by atoms with Gasteiger partial charge in [0.2, 0.25) is 0 Å². The Labute approximate surface area is 75.7 Å². The zero-order chi connectivity index (χ0) is 10.0. The molecule has 78 valence electrons. The monoisotopic (exact) mass is 193 g/mol. The van der Waals surface area contributed by atoms with Gasteiger partial charge in [-0.25, -0.2) is 0 Å². The number of aliphatic hydroxyl groups excluding tert-OH is 5. The van der Waals surface area contributed by atoms with Crippen molar-refractivity contribution in [2.75, 3.05) is 19.9 Å². The van der Waals surface area contributed by atoms with E-state index in [1.807, 2.05) is 0 Å². The van der Waals surface area contributed by atoms with Gasteiger partial charge in [-0.05, 0) is 0 Å². The van der Waals surface area contributed by atoms with E-state index in [0.717, 1.165) is 0 Å². The number of β-amino-alcohol motifs (C(OH)–C–C–N with tert-alkyl or cyclic N) is 1. The lowest BCUT2D eigenvalue weighted by Gasteiger charge is -2.41. The molecule has 0 aromatic carbocycles. The van der Waals surface area contributed by atoms with Gasteiger partial charge in [-0.15, -0.1) is 0 Å². The van der Waals surface area contributed by atoms with Gasteiger partial charge >= 0.3 is 0 Å². The molecule has 1 heterocycles. The highest BCUT2D eigenvalue weighted by Gasteiger charge is 2.40. The van der Waals surface area contributed by atoms with Crippen molar-refractivity contribution in [1.29, 1.82) is 0 Å². The van der Waals surface area contributed by atoms with Crippen LogP contribution in [-0.4, -0.2) is 74.7 Å². The van der Waals surface area contributed by atoms with Gasteiger partial charge in [-0.3, -0.25) is 4.90 Å². The number of piperidine rings is 1. The second-order valence-electron chi connectivity index (χ2n) is 3.21. The fourth-order valence-electron chi connectivity index (χ4n) is 1.54. The van der Waals surface area contributed by atoms with Crippen LogP contribution in [0.4, 0.5) is 0 Å². The van der Waals surface area contributed by atoms with Crippen LogP contribution in [0.25, 0.3) is 0 Å². The normalized spacial score (nSPS) is 42.2. The second-order valence-corrected chi connectivity index (χ2v) is 3.21. The van der Waals surface area contributed by atoms with E-state index in [-0.39, 0.29) is 19.9 Å². The summed E-state index contributed by atoms with van der Waals surface area (Å²) in [6, 6.07) is -0.719. The molecule has 1 saturated heterocycles. The minimum absolute atomic E-state index is 0.0416. The van der Waals surface area contributed by atoms with Crippen molar-refractivity contribution in [2.24, 2.45) is 0 Å². The second kappa shape index (κ2) is 4.32. The van der Waals surface area contributed by atoms with Crippen molar-refractivity contribution < 1.29 is 25.5 Å². The Kier molecular flexibility index (Phi) is 3.60. The first-order valence-corrected chi connectivity index (χ1v) is 4.11. The standard InChI is InChI=1S/C7H15NO5/c9-2-4-6(12)7(13)5(11)1-8(4)3-10/h4-7,9-13H,1-3H2/t4-,5+,6-,7-/m1/s1. The lowest BCUT2D eigenvalue weighted by molar-refractivity contribution is -0.158. The predicted octanol–water partition coefficient (Wildman–Crippen LogP) is -3.30. The Morgan fingerprint density at radius 1 is 1.08 bits per heavy atom. The molecular formula is C7H15NO5. The van der Waals surface area contributed by atoms with Crippen molar-refractivity contribution in [2.45, 2.75) is 24.4 Å². The molecule has 0 radical (unpaired) electrons. The van der Waals surface area contributed by atoms with Gasteiger partial charge in [0.1, 0.15) is 12.2 Å². The average molecular weight is 193 g/mol. The number of aliphatic hydroxyl groups is 5. The van der Waals surface area contributed by atoms with Crippen LogP contribution in [-0.2, 0) is 0 Å². The summed E-state index contributed by atoms with van der Waals surface area (Å²) in [5.41, 5.74) is 0. The SMILES string of the molecule is OC[C@@H]1[C@@H](O)[C@H](O)[C@@H](O)CN1CO. The molecule has 1 fully saturated rings. The van der Waals surface area contributed by atoms with Gasteiger partial charge in [0.25, 0.3) is 0 Å². The van der Waals surface area contributed by atoms with E-state index >= 15 is 0 Å². The van der Waals surface area contributed by atoms with Crippen LogP contribution in [0.2, 0.25) is 0 Å². The Morgan fingerprint density at radius 3 is 2.15 bits per heavy atom. The predicted molar refractivity (Wildman–Crippen MR) is 42.7 cm³/mol. The van der Waals surface area contributed by atoms with Gasteiger partial charge in [-0.2, -0.15) is 0 Å². The molecule has 6 nitrogen and oxygen atoms in total. The van der Waals surface area contributed by atoms with Crippen molar-refractivity contribution in [3.8, 4) is 0 Å². The molecule has 0 aromatic heterocycles. The number of nitrogens with zero attached hydrogens (tertiary/aromatic N) is 1. The van der Waals surface area contributed by atoms with Crippen molar-refractivity contribution in [3.05, 3.63) is 0 Å². The summed E-state index contributed by atoms with van der Waals surface area (Å²) in [4.78, 5) is 1.31. The molecule has 13 heavy (non-hydrogen) atoms. The summed E-state index contributed by atoms with van der Waals surface area (Å²) in [5.74, 6) is 0. The summed E-state index contributed by atoms with van der Waals surface area (Å²) >= 11 is 0. The Bertz CT molecular complexity index is 165. The molecule has 6 heteroatoms. The van der Waals surface area contributed by atoms with Crippen molar-refractivity contribution >= 4 is 0 Å². The molecule has 1 aliphatic heterocycles. The maximum absolute atomic E-state index is 9.39. The van der Waals surface area contributed by atoms with Crippen LogP contribution < -0.4 is 0 Å². The van der Waals surface area contributed by atoms with Crippen molar-refractivity contribution in [1.82, 2.24) is 4.90 Å². The van der Waals surface area contributed by atoms with Gasteiger partial charge in [0.05, 0.1) is 25.5 Å². The van der Waals surface area contributed by atoms with Crippen LogP contribution in [0.1, 0.15) is 0 Å². The number of rotatable bonds is 2. The van der Waals surface area contributed by atoms with Crippen LogP contribution in [0, 0.1) is 0 Å². The smallest absolute Gasteiger partial charge is 0.109 e. The van der Waals surface area contributed by atoms with E-state index < -0.39 is 24.4 Å². The molecule has 0 aliphatic carbocycles. The zero-order valence-corrected chi connectivity index (χ0v) is 7.11. The molecule has 0 amide bonds. The first-order valence-electron chi connectivity index (χ1n) is 4.11. The number of hydrogen-bond acceptors (Lipinski definition) is 6. The third kappa shape index (κ3) is 1.98. The summed E-state index contributed by atoms with van der Waals surface area (Å²) < 4.78 is 0. The van der Waals surface area contributed by atoms with Gasteiger partial charge in [0.15, 0.2) is 0 Å². The highest BCUT2D eigenvalue weighted by molar-refractivity contribution is 4.93. The van der Waals surface area contributed by atoms with E-state index in [9.17, 15) is 15.3 Å². The maximum Gasteiger partial charge on any atom is 0.109 e. The molecule has 0 aromatic rings. The third-order valence-electron chi connectivity index (χ3n) is 2.40. The molecule has 5 N–H and O–H groups in total. The van der Waals surface area contributed by atoms with E-state index in [2.05, 4.69) is 0 Å². The molecule has 0 spiro atoms. The average Bonchev–Trinajstić information content (AvgIpc) is 2.13. The highest BCUT2D eigenvalue weighted by Crippen LogP contribution is 2.17. The van der Waals surface area contributed by atoms with Gasteiger partial charge in [-0.1, -0.05) is 0 Å². The first kappa shape index (κ1) is 10.8. The van der Waals surface area contributed by atoms with Gasteiger partial charge in [0, 0.05) is 6.54 Å². The Morgan fingerprint density at radius 2 is 1.69 bits per heavy atom. The van der Waals surface area contributed by atoms with Crippen molar-refractivity contribution in [3.63, 3.8) is 0 Å². The number of likely N-dealkylation sites (tertiary alicyclic amines) is 1. The van der Waals surface area contributed by atoms with Crippen LogP contribution in [0.3, 0.4) is 0 Å². The van der Waals surface area contributed by atoms with Crippen LogP contribution in [0.5, 0.6) is 0 Å². The quantitative estimate of drug-likeness (QED) is 0.314. The molecule has 4 atom stereocenters. The largest absolute Gasteiger partial charge is 0.395 e. The summed E-state index contributed by atoms with van der Waals surface area (Å²) in [7, 11) is 0. The molecular weight excluding hydrogens is 178 g/mol. The number of hydrogen-bond donors (Lipinski definition) is 5. The summed E-state index contributed by atoms with van der Waals surface area (Å²) in [6.07, 6.45) is -3.59. The van der Waals surface area contributed by atoms with Crippen LogP contribution >= 0.6 is 0 Å². The zero-order valence-electron chi connectivity index (χ0n) is 7.11. The van der Waals surface area contributed by atoms with E-state index in [1.54, 1.807) is 0 Å². The fourth-order valence-corrected chi connectivity index (χ4v) is 1.54. The topological polar surface area (TPSA) is 104 Å². The minimum atomic E-state index is -1.26. The fraction of sp³-hybridized carbons (Fsp3) is 1.00. The first-order chi connectivity index (χ1) is 6.11. The maximum atomic E-state index is 9.39. The molecule has 1 aliphatic rings. The Balaban J connectivity index is 2.69. The third-order valence-corrected chi connectivity index (χ3v) is 2.40. The minimum Gasteiger partial charge on any atom is -0.395 e. The summed E-state index contributed by atoms with van der Waals surface area (Å²) in [5, 5.41) is 45.5. The van der Waals surface area contributed by atoms with E-state index in [1.165, 1.54) is 4.90 Å². The molecule has 1 rings (SSSR count). The molecule has 0 saturated carbocycles. The van der Waals surface area contributed by atoms with E-state index in [4.69, 9.17) is 10.2 Å². The lowest BCUT2D eigenvalue weighted by Crippen LogP contribution is -2.62. The van der Waals surface area contributed by atoms with Crippen LogP contribution in [0.15, 0.2) is 0 Å². The van der Waals surface area contributed by atoms with Gasteiger partial charge < -0.3 is 25.5 Å². The highest BCUT2D eigenvalue weighted by atomic mass is 16.4. The summed E-state index contributed by atoms with van der Waals surface area (Å²) in [6.45, 7) is -0.697. The lowest BCUT2D eigenvalue weighted by atomic mass is 9.95.